The maximum Gasteiger partial charge on any atom is 0.365 e. The molecule has 0 aliphatic heterocycles. The molecular weight excluding hydrogens is 206 g/mol. The lowest BCUT2D eigenvalue weighted by Crippen LogP contribution is -2.19. The Kier molecular flexibility index (Phi) is 6.59. The Morgan fingerprint density at radius 2 is 2.21 bits per heavy atom. The van der Waals surface area contributed by atoms with Crippen LogP contribution in [0, 0.1) is 0 Å². The van der Waals surface area contributed by atoms with Gasteiger partial charge in [0.2, 0.25) is 5.04 Å². The summed E-state index contributed by atoms with van der Waals surface area (Å²) in [6, 6.07) is 0. The van der Waals surface area contributed by atoms with E-state index in [0.29, 0.717) is 6.61 Å². The first-order valence-electron chi connectivity index (χ1n) is 3.68. The lowest BCUT2D eigenvalue weighted by Gasteiger charge is -2.04. The highest BCUT2D eigenvalue weighted by Crippen LogP contribution is 2.10. The first kappa shape index (κ1) is 12.8. The van der Waals surface area contributed by atoms with Gasteiger partial charge in [-0.05, 0) is 11.8 Å². The molecule has 0 saturated heterocycles. The van der Waals surface area contributed by atoms with E-state index in [4.69, 9.17) is 16.3 Å². The normalized spacial score (nSPS) is 11.1. The molecule has 0 aliphatic rings. The Hall–Kier alpha value is -1.21. The lowest BCUT2D eigenvalue weighted by molar-refractivity contribution is -0.136. The van der Waals surface area contributed by atoms with Gasteiger partial charge in [0.05, 0.1) is 11.6 Å². The Labute approximate surface area is 86.3 Å². The maximum atomic E-state index is 11.2. The summed E-state index contributed by atoms with van der Waals surface area (Å²) in [5.74, 6) is 4.33. The number of hydrogen-bond donors (Lipinski definition) is 2. The summed E-state index contributed by atoms with van der Waals surface area (Å²) >= 11 is 0.859. The van der Waals surface area contributed by atoms with Crippen LogP contribution in [0.3, 0.4) is 0 Å². The van der Waals surface area contributed by atoms with E-state index in [0.717, 1.165) is 11.8 Å². The van der Waals surface area contributed by atoms with E-state index in [1.165, 1.54) is 7.11 Å². The number of ether oxygens (including phenoxy) is 2. The average molecular weight is 219 g/mol. The van der Waals surface area contributed by atoms with Crippen molar-refractivity contribution in [3.63, 3.8) is 0 Å². The third-order valence-corrected chi connectivity index (χ3v) is 1.77. The van der Waals surface area contributed by atoms with Crippen LogP contribution in [0.4, 0.5) is 0 Å². The molecule has 0 aliphatic carbocycles. The molecule has 0 heterocycles. The largest absolute Gasteiger partial charge is 0.458 e. The van der Waals surface area contributed by atoms with Crippen LogP contribution in [-0.2, 0) is 14.3 Å². The van der Waals surface area contributed by atoms with E-state index in [1.807, 2.05) is 0 Å². The fourth-order valence-electron chi connectivity index (χ4n) is 0.524. The van der Waals surface area contributed by atoms with Gasteiger partial charge in [-0.2, -0.15) is 5.10 Å². The van der Waals surface area contributed by atoms with Crippen molar-refractivity contribution in [1.29, 1.82) is 0 Å². The number of esters is 1. The van der Waals surface area contributed by atoms with Crippen LogP contribution in [0.15, 0.2) is 16.7 Å². The SMILES string of the molecule is C=C(N)S/C(=N\N)C(=O)OCCOC. The Morgan fingerprint density at radius 1 is 1.57 bits per heavy atom. The van der Waals surface area contributed by atoms with Crippen molar-refractivity contribution in [1.82, 2.24) is 0 Å². The van der Waals surface area contributed by atoms with Gasteiger partial charge >= 0.3 is 5.97 Å². The molecule has 0 bridgehead atoms. The molecule has 0 unspecified atom stereocenters. The summed E-state index contributed by atoms with van der Waals surface area (Å²) in [6.07, 6.45) is 0. The van der Waals surface area contributed by atoms with Crippen LogP contribution in [0.1, 0.15) is 0 Å². The number of carbonyl (C=O) groups is 1. The van der Waals surface area contributed by atoms with Crippen molar-refractivity contribution in [2.45, 2.75) is 0 Å². The molecule has 7 heteroatoms. The quantitative estimate of drug-likeness (QED) is 0.167. The Balaban J connectivity index is 4.00. The number of nitrogens with zero attached hydrogens (tertiary/aromatic N) is 1. The van der Waals surface area contributed by atoms with Crippen LogP contribution < -0.4 is 11.6 Å². The van der Waals surface area contributed by atoms with Crippen molar-refractivity contribution >= 4 is 22.8 Å². The fraction of sp³-hybridized carbons (Fsp3) is 0.429. The second-order valence-corrected chi connectivity index (χ2v) is 3.25. The molecule has 0 aromatic rings. The molecule has 0 rings (SSSR count). The Bertz CT molecular complexity index is 242. The van der Waals surface area contributed by atoms with Crippen molar-refractivity contribution < 1.29 is 14.3 Å². The van der Waals surface area contributed by atoms with Gasteiger partial charge in [-0.15, -0.1) is 0 Å². The molecule has 0 atom stereocenters. The first-order chi connectivity index (χ1) is 6.61. The third kappa shape index (κ3) is 5.44. The minimum absolute atomic E-state index is 0.0337. The standard InChI is InChI=1S/C7H13N3O3S/c1-5(8)14-6(10-9)7(11)13-4-3-12-2/h1,3-4,8-9H2,2H3/b10-6-. The van der Waals surface area contributed by atoms with Gasteiger partial charge in [0, 0.05) is 7.11 Å². The number of carbonyl (C=O) groups excluding carboxylic acids is 1. The number of nitrogens with two attached hydrogens (primary N) is 2. The predicted molar refractivity (Wildman–Crippen MR) is 55.4 cm³/mol. The van der Waals surface area contributed by atoms with Crippen molar-refractivity contribution in [3.8, 4) is 0 Å². The van der Waals surface area contributed by atoms with E-state index in [9.17, 15) is 4.79 Å². The van der Waals surface area contributed by atoms with Crippen molar-refractivity contribution in [3.05, 3.63) is 11.6 Å². The fourth-order valence-corrected chi connectivity index (χ4v) is 0.968. The molecule has 80 valence electrons. The smallest absolute Gasteiger partial charge is 0.365 e. The van der Waals surface area contributed by atoms with Crippen LogP contribution >= 0.6 is 11.8 Å². The molecule has 0 radical (unpaired) electrons. The minimum atomic E-state index is -0.638. The van der Waals surface area contributed by atoms with Gasteiger partial charge < -0.3 is 21.1 Å². The highest BCUT2D eigenvalue weighted by Gasteiger charge is 2.14. The molecule has 0 amide bonds. The van der Waals surface area contributed by atoms with E-state index in [-0.39, 0.29) is 16.7 Å². The first-order valence-corrected chi connectivity index (χ1v) is 4.49. The molecular formula is C7H13N3O3S. The summed E-state index contributed by atoms with van der Waals surface area (Å²) in [4.78, 5) is 11.2. The molecule has 6 nitrogen and oxygen atoms in total. The third-order valence-electron chi connectivity index (χ3n) is 1.04. The predicted octanol–water partition coefficient (Wildman–Crippen LogP) is -0.389. The molecule has 14 heavy (non-hydrogen) atoms. The zero-order valence-electron chi connectivity index (χ0n) is 7.86. The number of thioether (sulfide) groups is 1. The summed E-state index contributed by atoms with van der Waals surface area (Å²) in [7, 11) is 1.50. The van der Waals surface area contributed by atoms with Gasteiger partial charge in [0.15, 0.2) is 0 Å². The highest BCUT2D eigenvalue weighted by atomic mass is 32.2. The van der Waals surface area contributed by atoms with E-state index >= 15 is 0 Å². The zero-order valence-corrected chi connectivity index (χ0v) is 8.67. The topological polar surface area (TPSA) is 99.9 Å². The van der Waals surface area contributed by atoms with Crippen LogP contribution in [-0.4, -0.2) is 31.3 Å². The summed E-state index contributed by atoms with van der Waals surface area (Å²) in [6.45, 7) is 3.86. The molecule has 0 aromatic heterocycles. The number of hydrogen-bond acceptors (Lipinski definition) is 7. The average Bonchev–Trinajstić information content (AvgIpc) is 2.14. The van der Waals surface area contributed by atoms with Crippen LogP contribution in [0.2, 0.25) is 0 Å². The second kappa shape index (κ2) is 7.22. The van der Waals surface area contributed by atoms with Gasteiger partial charge in [0.25, 0.3) is 0 Å². The van der Waals surface area contributed by atoms with Gasteiger partial charge in [-0.3, -0.25) is 0 Å². The number of methoxy groups -OCH3 is 1. The van der Waals surface area contributed by atoms with Crippen molar-refractivity contribution in [2.24, 2.45) is 16.7 Å². The summed E-state index contributed by atoms with van der Waals surface area (Å²) in [5, 5.41) is 3.42. The van der Waals surface area contributed by atoms with Crippen molar-refractivity contribution in [2.75, 3.05) is 20.3 Å². The second-order valence-electron chi connectivity index (χ2n) is 2.13. The van der Waals surface area contributed by atoms with Gasteiger partial charge in [0.1, 0.15) is 6.61 Å². The Morgan fingerprint density at radius 3 is 2.64 bits per heavy atom. The number of hydrazone groups is 1. The van der Waals surface area contributed by atoms with Crippen LogP contribution in [0.25, 0.3) is 0 Å². The van der Waals surface area contributed by atoms with E-state index < -0.39 is 5.97 Å². The van der Waals surface area contributed by atoms with Gasteiger partial charge in [-0.25, -0.2) is 4.79 Å². The molecule has 0 saturated carbocycles. The monoisotopic (exact) mass is 219 g/mol. The lowest BCUT2D eigenvalue weighted by atomic mass is 10.7. The maximum absolute atomic E-state index is 11.2. The summed E-state index contributed by atoms with van der Waals surface area (Å²) in [5.41, 5.74) is 5.26. The van der Waals surface area contributed by atoms with Gasteiger partial charge in [-0.1, -0.05) is 6.58 Å². The zero-order chi connectivity index (χ0) is 11.0. The molecule has 0 aromatic carbocycles. The summed E-state index contributed by atoms with van der Waals surface area (Å²) < 4.78 is 9.43. The molecule has 0 fully saturated rings. The van der Waals surface area contributed by atoms with E-state index in [1.54, 1.807) is 0 Å². The minimum Gasteiger partial charge on any atom is -0.458 e. The number of rotatable bonds is 4. The van der Waals surface area contributed by atoms with Crippen LogP contribution in [0.5, 0.6) is 0 Å². The van der Waals surface area contributed by atoms with E-state index in [2.05, 4.69) is 16.4 Å². The highest BCUT2D eigenvalue weighted by molar-refractivity contribution is 8.18. The molecule has 4 N–H and O–H groups in total. The molecule has 0 spiro atoms.